The number of nitrogens with two attached hydrogens (primary N) is 1. The van der Waals surface area contributed by atoms with Crippen LogP contribution in [0.15, 0.2) is 18.2 Å². The van der Waals surface area contributed by atoms with Crippen LogP contribution in [0.2, 0.25) is 0 Å². The Morgan fingerprint density at radius 3 is 2.47 bits per heavy atom. The van der Waals surface area contributed by atoms with Crippen molar-refractivity contribution in [3.8, 4) is 11.8 Å². The van der Waals surface area contributed by atoms with Crippen molar-refractivity contribution in [1.29, 1.82) is 0 Å². The highest BCUT2D eigenvalue weighted by molar-refractivity contribution is 5.41. The maximum Gasteiger partial charge on any atom is 0.416 e. The van der Waals surface area contributed by atoms with E-state index in [2.05, 4.69) is 11.8 Å². The van der Waals surface area contributed by atoms with Gasteiger partial charge in [-0.15, -0.1) is 0 Å². The molecule has 15 heavy (non-hydrogen) atoms. The van der Waals surface area contributed by atoms with Crippen molar-refractivity contribution in [2.75, 3.05) is 6.54 Å². The third-order valence-corrected chi connectivity index (χ3v) is 1.87. The molecule has 0 spiro atoms. The molecule has 0 bridgehead atoms. The molecule has 1 rings (SSSR count). The highest BCUT2D eigenvalue weighted by Gasteiger charge is 2.31. The van der Waals surface area contributed by atoms with Gasteiger partial charge in [-0.3, -0.25) is 0 Å². The summed E-state index contributed by atoms with van der Waals surface area (Å²) < 4.78 is 37.1. The van der Waals surface area contributed by atoms with Gasteiger partial charge in [0.2, 0.25) is 0 Å². The zero-order chi connectivity index (χ0) is 11.5. The molecule has 0 unspecified atom stereocenters. The Morgan fingerprint density at radius 2 is 2.00 bits per heavy atom. The summed E-state index contributed by atoms with van der Waals surface area (Å²) in [5.74, 6) is 5.27. The largest absolute Gasteiger partial charge is 0.416 e. The predicted molar refractivity (Wildman–Crippen MR) is 52.1 cm³/mol. The average molecular weight is 213 g/mol. The average Bonchev–Trinajstić information content (AvgIpc) is 2.12. The van der Waals surface area contributed by atoms with Crippen LogP contribution in [0.5, 0.6) is 0 Å². The van der Waals surface area contributed by atoms with Crippen molar-refractivity contribution in [2.45, 2.75) is 13.1 Å². The van der Waals surface area contributed by atoms with Crippen molar-refractivity contribution in [1.82, 2.24) is 0 Å². The van der Waals surface area contributed by atoms with Crippen LogP contribution in [0.25, 0.3) is 0 Å². The first-order chi connectivity index (χ1) is 6.95. The summed E-state index contributed by atoms with van der Waals surface area (Å²) in [6, 6.07) is 3.79. The number of halogens is 3. The Balaban J connectivity index is 3.09. The van der Waals surface area contributed by atoms with E-state index in [1.54, 1.807) is 0 Å². The lowest BCUT2D eigenvalue weighted by atomic mass is 10.1. The van der Waals surface area contributed by atoms with Crippen molar-refractivity contribution in [3.63, 3.8) is 0 Å². The van der Waals surface area contributed by atoms with Crippen molar-refractivity contribution in [2.24, 2.45) is 5.73 Å². The lowest BCUT2D eigenvalue weighted by molar-refractivity contribution is -0.138. The lowest BCUT2D eigenvalue weighted by Gasteiger charge is -2.09. The van der Waals surface area contributed by atoms with E-state index in [1.807, 2.05) is 0 Å². The third-order valence-electron chi connectivity index (χ3n) is 1.87. The van der Waals surface area contributed by atoms with Gasteiger partial charge < -0.3 is 5.73 Å². The van der Waals surface area contributed by atoms with Gasteiger partial charge in [0.1, 0.15) is 0 Å². The van der Waals surface area contributed by atoms with E-state index in [0.29, 0.717) is 5.56 Å². The Hall–Kier alpha value is -1.47. The van der Waals surface area contributed by atoms with E-state index < -0.39 is 11.7 Å². The van der Waals surface area contributed by atoms with Gasteiger partial charge in [-0.05, 0) is 30.7 Å². The van der Waals surface area contributed by atoms with Crippen LogP contribution < -0.4 is 5.73 Å². The van der Waals surface area contributed by atoms with Crippen LogP contribution >= 0.6 is 0 Å². The van der Waals surface area contributed by atoms with Gasteiger partial charge in [-0.1, -0.05) is 11.8 Å². The Bertz CT molecular complexity index is 410. The van der Waals surface area contributed by atoms with Gasteiger partial charge in [0.05, 0.1) is 12.1 Å². The molecule has 0 radical (unpaired) electrons. The molecular formula is C11H10F3N. The second-order valence-electron chi connectivity index (χ2n) is 3.03. The summed E-state index contributed by atoms with van der Waals surface area (Å²) in [6.07, 6.45) is -4.30. The number of aryl methyl sites for hydroxylation is 1. The number of hydrogen-bond acceptors (Lipinski definition) is 1. The normalized spacial score (nSPS) is 10.7. The third kappa shape index (κ3) is 3.00. The van der Waals surface area contributed by atoms with Crippen LogP contribution in [0.3, 0.4) is 0 Å². The van der Waals surface area contributed by atoms with Gasteiger partial charge in [-0.2, -0.15) is 13.2 Å². The molecule has 80 valence electrons. The highest BCUT2D eigenvalue weighted by atomic mass is 19.4. The van der Waals surface area contributed by atoms with Crippen molar-refractivity contribution in [3.05, 3.63) is 34.9 Å². The molecule has 0 saturated carbocycles. The predicted octanol–water partition coefficient (Wildman–Crippen LogP) is 2.32. The molecule has 1 aromatic rings. The number of benzene rings is 1. The van der Waals surface area contributed by atoms with E-state index >= 15 is 0 Å². The zero-order valence-corrected chi connectivity index (χ0v) is 8.15. The number of alkyl halides is 3. The molecule has 2 N–H and O–H groups in total. The molecule has 4 heteroatoms. The molecular weight excluding hydrogens is 203 g/mol. The topological polar surface area (TPSA) is 26.0 Å². The quantitative estimate of drug-likeness (QED) is 0.657. The zero-order valence-electron chi connectivity index (χ0n) is 8.15. The summed E-state index contributed by atoms with van der Waals surface area (Å²) in [5.41, 5.74) is 5.26. The first-order valence-electron chi connectivity index (χ1n) is 4.32. The summed E-state index contributed by atoms with van der Waals surface area (Å²) in [4.78, 5) is 0. The van der Waals surface area contributed by atoms with Crippen molar-refractivity contribution >= 4 is 0 Å². The van der Waals surface area contributed by atoms with Crippen LogP contribution in [-0.4, -0.2) is 6.54 Å². The first-order valence-corrected chi connectivity index (χ1v) is 4.32. The molecule has 0 atom stereocenters. The Morgan fingerprint density at radius 1 is 1.33 bits per heavy atom. The minimum absolute atomic E-state index is 0.173. The summed E-state index contributed by atoms with van der Waals surface area (Å²) in [7, 11) is 0. The highest BCUT2D eigenvalue weighted by Crippen LogP contribution is 2.31. The van der Waals surface area contributed by atoms with Crippen LogP contribution in [0.1, 0.15) is 16.7 Å². The second kappa shape index (κ2) is 4.37. The summed E-state index contributed by atoms with van der Waals surface area (Å²) in [6.45, 7) is 1.61. The molecule has 0 heterocycles. The number of rotatable bonds is 0. The molecule has 0 fully saturated rings. The molecule has 0 aromatic heterocycles. The summed E-state index contributed by atoms with van der Waals surface area (Å²) in [5, 5.41) is 0. The van der Waals surface area contributed by atoms with E-state index in [-0.39, 0.29) is 12.1 Å². The van der Waals surface area contributed by atoms with Crippen LogP contribution in [0, 0.1) is 18.8 Å². The summed E-state index contributed by atoms with van der Waals surface area (Å²) >= 11 is 0. The molecule has 0 amide bonds. The minimum atomic E-state index is -4.30. The fraction of sp³-hybridized carbons (Fsp3) is 0.273. The van der Waals surface area contributed by atoms with E-state index in [4.69, 9.17) is 5.73 Å². The van der Waals surface area contributed by atoms with Crippen LogP contribution in [0.4, 0.5) is 13.2 Å². The van der Waals surface area contributed by atoms with Gasteiger partial charge in [0.25, 0.3) is 0 Å². The molecule has 0 aliphatic heterocycles. The smallest absolute Gasteiger partial charge is 0.320 e. The SMILES string of the molecule is Cc1cc(C#CCN)ccc1C(F)(F)F. The lowest BCUT2D eigenvalue weighted by Crippen LogP contribution is -2.07. The molecule has 0 saturated heterocycles. The minimum Gasteiger partial charge on any atom is -0.320 e. The maximum absolute atomic E-state index is 12.4. The first kappa shape index (κ1) is 11.6. The van der Waals surface area contributed by atoms with Gasteiger partial charge in [0.15, 0.2) is 0 Å². The van der Waals surface area contributed by atoms with Gasteiger partial charge in [0, 0.05) is 5.56 Å². The Labute approximate surface area is 86.1 Å². The molecule has 1 nitrogen and oxygen atoms in total. The standard InChI is InChI=1S/C11H10F3N/c1-8-7-9(3-2-6-15)4-5-10(8)11(12,13)14/h4-5,7H,6,15H2,1H3. The second-order valence-corrected chi connectivity index (χ2v) is 3.03. The molecule has 0 aliphatic carbocycles. The monoisotopic (exact) mass is 213 g/mol. The number of hydrogen-bond donors (Lipinski definition) is 1. The van der Waals surface area contributed by atoms with E-state index in [0.717, 1.165) is 6.07 Å². The van der Waals surface area contributed by atoms with Crippen LogP contribution in [-0.2, 0) is 6.18 Å². The fourth-order valence-electron chi connectivity index (χ4n) is 1.21. The van der Waals surface area contributed by atoms with E-state index in [1.165, 1.54) is 19.1 Å². The molecule has 0 aliphatic rings. The van der Waals surface area contributed by atoms with Gasteiger partial charge >= 0.3 is 6.18 Å². The molecule has 1 aromatic carbocycles. The van der Waals surface area contributed by atoms with Gasteiger partial charge in [-0.25, -0.2) is 0 Å². The fourth-order valence-corrected chi connectivity index (χ4v) is 1.21. The van der Waals surface area contributed by atoms with E-state index in [9.17, 15) is 13.2 Å². The maximum atomic E-state index is 12.4. The Kier molecular flexibility index (Phi) is 3.38. The van der Waals surface area contributed by atoms with Crippen molar-refractivity contribution < 1.29 is 13.2 Å².